The van der Waals surface area contributed by atoms with E-state index in [4.69, 9.17) is 33.2 Å². The molecule has 2 N–H and O–H groups in total. The van der Waals surface area contributed by atoms with Gasteiger partial charge in [-0.25, -0.2) is 9.59 Å². The summed E-state index contributed by atoms with van der Waals surface area (Å²) in [6.07, 6.45) is -2.67. The largest absolute Gasteiger partial charge is 0.502 e. The number of cyclic esters (lactones) is 1. The molecule has 0 bridgehead atoms. The second kappa shape index (κ2) is 11.0. The van der Waals surface area contributed by atoms with Gasteiger partial charge in [0.2, 0.25) is 12.5 Å². The van der Waals surface area contributed by atoms with Crippen molar-refractivity contribution in [2.45, 2.75) is 57.0 Å². The molecule has 0 aromatic heterocycles. The summed E-state index contributed by atoms with van der Waals surface area (Å²) in [6, 6.07) is 5.64. The van der Waals surface area contributed by atoms with Crippen molar-refractivity contribution in [3.8, 4) is 28.7 Å². The molecule has 2 fully saturated rings. The van der Waals surface area contributed by atoms with Gasteiger partial charge in [0.25, 0.3) is 0 Å². The van der Waals surface area contributed by atoms with E-state index in [2.05, 4.69) is 0 Å². The maximum Gasteiger partial charge on any atom is 0.411 e. The molecule has 13 heteroatoms. The van der Waals surface area contributed by atoms with E-state index in [1.807, 2.05) is 0 Å². The number of β-amino-alcohol motifs (C(OH)–C–C–N with tert-alkyl or cyclic N) is 1. The van der Waals surface area contributed by atoms with Crippen LogP contribution < -0.4 is 18.9 Å². The number of aliphatic hydroxyl groups is 1. The van der Waals surface area contributed by atoms with E-state index in [1.54, 1.807) is 45.0 Å². The van der Waals surface area contributed by atoms with E-state index in [1.165, 1.54) is 19.1 Å². The third kappa shape index (κ3) is 5.08. The van der Waals surface area contributed by atoms with Gasteiger partial charge < -0.3 is 43.4 Å². The van der Waals surface area contributed by atoms with Crippen LogP contribution in [0.5, 0.6) is 28.7 Å². The van der Waals surface area contributed by atoms with Gasteiger partial charge in [-0.1, -0.05) is 0 Å². The Kier molecular flexibility index (Phi) is 7.39. The van der Waals surface area contributed by atoms with Crippen molar-refractivity contribution in [2.75, 3.05) is 34.2 Å². The Morgan fingerprint density at radius 2 is 1.61 bits per heavy atom. The van der Waals surface area contributed by atoms with Gasteiger partial charge in [-0.05, 0) is 56.2 Å². The van der Waals surface area contributed by atoms with E-state index >= 15 is 0 Å². The summed E-state index contributed by atoms with van der Waals surface area (Å²) in [5, 5.41) is 21.0. The molecule has 13 nitrogen and oxygen atoms in total. The lowest BCUT2D eigenvalue weighted by Crippen LogP contribution is -2.45. The third-order valence-electron chi connectivity index (χ3n) is 8.40. The van der Waals surface area contributed by atoms with Gasteiger partial charge in [0.05, 0.1) is 39.4 Å². The molecule has 1 amide bonds. The molecule has 2 unspecified atom stereocenters. The van der Waals surface area contributed by atoms with Gasteiger partial charge in [0.1, 0.15) is 17.7 Å². The molecule has 4 aliphatic rings. The number of amides is 1. The topological polar surface area (TPSA) is 160 Å². The summed E-state index contributed by atoms with van der Waals surface area (Å²) >= 11 is 0. The van der Waals surface area contributed by atoms with E-state index in [0.717, 1.165) is 0 Å². The van der Waals surface area contributed by atoms with E-state index in [-0.39, 0.29) is 43.6 Å². The quantitative estimate of drug-likeness (QED) is 0.376. The van der Waals surface area contributed by atoms with Gasteiger partial charge in [-0.3, -0.25) is 9.69 Å². The fourth-order valence-corrected chi connectivity index (χ4v) is 6.52. The highest BCUT2D eigenvalue weighted by atomic mass is 16.7. The van der Waals surface area contributed by atoms with E-state index < -0.39 is 59.6 Å². The van der Waals surface area contributed by atoms with Gasteiger partial charge in [0.15, 0.2) is 23.0 Å². The molecule has 236 valence electrons. The monoisotopic (exact) mass is 613 g/mol. The minimum atomic E-state index is -1.10. The fraction of sp³-hybridized carbons (Fsp3) is 0.516. The Morgan fingerprint density at radius 1 is 0.977 bits per heavy atom. The van der Waals surface area contributed by atoms with Crippen LogP contribution in [0.2, 0.25) is 0 Å². The number of rotatable bonds is 5. The van der Waals surface area contributed by atoms with Crippen molar-refractivity contribution < 1.29 is 57.8 Å². The van der Waals surface area contributed by atoms with Gasteiger partial charge >= 0.3 is 18.0 Å². The summed E-state index contributed by atoms with van der Waals surface area (Å²) in [5.74, 6) is -2.24. The predicted molar refractivity (Wildman–Crippen MR) is 150 cm³/mol. The number of methoxy groups -OCH3 is 2. The first-order valence-electron chi connectivity index (χ1n) is 14.3. The summed E-state index contributed by atoms with van der Waals surface area (Å²) in [7, 11) is 2.82. The van der Waals surface area contributed by atoms with Crippen LogP contribution in [-0.2, 0) is 23.8 Å². The Bertz CT molecular complexity index is 1470. The van der Waals surface area contributed by atoms with Crippen molar-refractivity contribution in [2.24, 2.45) is 11.8 Å². The Balaban J connectivity index is 1.42. The number of aliphatic hydroxyl groups excluding tert-OH is 1. The van der Waals surface area contributed by atoms with Crippen LogP contribution in [0.3, 0.4) is 0 Å². The molecular formula is C31H35NO12. The standard InChI is InChI=1S/C31H35NO12/c1-31(2,3)44-30(37)32-11-15(33)8-19(32)28(35)43-27-17-10-21-20(41-13-42-21)9-16(17)24(25-18(27)12-40-29(25)36)14-6-22(38-4)26(34)23(7-14)39-5/h6-7,9-10,15,18-19,24-25,27,33-34H,8,11-13H2,1-5H3/t15?,18-,19?,24+,25-,27+/m0/s1. The van der Waals surface area contributed by atoms with Crippen LogP contribution in [0.25, 0.3) is 0 Å². The molecule has 3 aliphatic heterocycles. The molecule has 3 heterocycles. The summed E-state index contributed by atoms with van der Waals surface area (Å²) in [6.45, 7) is 5.01. The number of ether oxygens (including phenoxy) is 7. The molecule has 44 heavy (non-hydrogen) atoms. The molecule has 1 aliphatic carbocycles. The van der Waals surface area contributed by atoms with Gasteiger partial charge in [-0.2, -0.15) is 0 Å². The van der Waals surface area contributed by atoms with Crippen molar-refractivity contribution >= 4 is 18.0 Å². The molecule has 0 spiro atoms. The molecule has 6 rings (SSSR count). The minimum Gasteiger partial charge on any atom is -0.502 e. The fourth-order valence-electron chi connectivity index (χ4n) is 6.52. The number of benzene rings is 2. The van der Waals surface area contributed by atoms with Crippen molar-refractivity contribution in [1.29, 1.82) is 0 Å². The Hall–Kier alpha value is -4.39. The predicted octanol–water partition coefficient (Wildman–Crippen LogP) is 3.03. The van der Waals surface area contributed by atoms with Crippen LogP contribution in [0.15, 0.2) is 24.3 Å². The molecular weight excluding hydrogens is 578 g/mol. The number of aromatic hydroxyl groups is 1. The summed E-state index contributed by atoms with van der Waals surface area (Å²) in [4.78, 5) is 41.3. The minimum absolute atomic E-state index is 0.00604. The zero-order valence-electron chi connectivity index (χ0n) is 25.0. The number of esters is 2. The number of phenolic OH excluding ortho intramolecular Hbond substituents is 1. The van der Waals surface area contributed by atoms with E-state index in [0.29, 0.717) is 28.2 Å². The molecule has 2 aromatic rings. The number of likely N-dealkylation sites (tertiary alicyclic amines) is 1. The average molecular weight is 614 g/mol. The maximum atomic E-state index is 13.8. The van der Waals surface area contributed by atoms with E-state index in [9.17, 15) is 24.6 Å². The molecule has 2 saturated heterocycles. The number of hydrogen-bond acceptors (Lipinski definition) is 12. The van der Waals surface area contributed by atoms with Gasteiger partial charge in [0, 0.05) is 23.8 Å². The normalized spacial score (nSPS) is 26.9. The van der Waals surface area contributed by atoms with Crippen LogP contribution >= 0.6 is 0 Å². The SMILES string of the molecule is COc1cc([C@@H]2c3cc4c(cc3[C@@H](OC(=O)C3CC(O)CN3C(=O)OC(C)(C)C)[C@H]3COC(=O)[C@H]23)OCO4)cc(OC)c1O. The first-order valence-corrected chi connectivity index (χ1v) is 14.3. The highest BCUT2D eigenvalue weighted by molar-refractivity contribution is 5.83. The van der Waals surface area contributed by atoms with Crippen LogP contribution in [0.4, 0.5) is 4.79 Å². The lowest BCUT2D eigenvalue weighted by Gasteiger charge is -2.39. The number of phenols is 1. The number of nitrogens with zero attached hydrogens (tertiary/aromatic N) is 1. The molecule has 6 atom stereocenters. The van der Waals surface area contributed by atoms with Crippen LogP contribution in [-0.4, -0.2) is 85.1 Å². The first-order chi connectivity index (χ1) is 20.9. The summed E-state index contributed by atoms with van der Waals surface area (Å²) in [5.41, 5.74) is 0.982. The van der Waals surface area contributed by atoms with Crippen molar-refractivity contribution in [3.05, 3.63) is 41.0 Å². The number of carbonyl (C=O) groups excluding carboxylic acids is 3. The average Bonchev–Trinajstić information content (AvgIpc) is 3.70. The second-order valence-corrected chi connectivity index (χ2v) is 12.3. The number of carbonyl (C=O) groups is 3. The number of fused-ring (bicyclic) bond motifs is 3. The van der Waals surface area contributed by atoms with Gasteiger partial charge in [-0.15, -0.1) is 0 Å². The zero-order valence-corrected chi connectivity index (χ0v) is 25.0. The molecule has 0 saturated carbocycles. The summed E-state index contributed by atoms with van der Waals surface area (Å²) < 4.78 is 39.3. The Morgan fingerprint density at radius 3 is 2.23 bits per heavy atom. The highest BCUT2D eigenvalue weighted by Crippen LogP contribution is 2.56. The smallest absolute Gasteiger partial charge is 0.411 e. The molecule has 2 aromatic carbocycles. The third-order valence-corrected chi connectivity index (χ3v) is 8.40. The lowest BCUT2D eigenvalue weighted by atomic mass is 9.66. The maximum absolute atomic E-state index is 13.8. The first kappa shape index (κ1) is 29.7. The van der Waals surface area contributed by atoms with Crippen LogP contribution in [0, 0.1) is 11.8 Å². The van der Waals surface area contributed by atoms with Crippen LogP contribution in [0.1, 0.15) is 55.9 Å². The zero-order chi connectivity index (χ0) is 31.5. The van der Waals surface area contributed by atoms with Crippen molar-refractivity contribution in [3.63, 3.8) is 0 Å². The van der Waals surface area contributed by atoms with Crippen molar-refractivity contribution in [1.82, 2.24) is 4.90 Å². The number of hydrogen-bond donors (Lipinski definition) is 2. The highest BCUT2D eigenvalue weighted by Gasteiger charge is 2.55. The lowest BCUT2D eigenvalue weighted by molar-refractivity contribution is -0.159. The second-order valence-electron chi connectivity index (χ2n) is 12.3. The molecule has 0 radical (unpaired) electrons. The Labute approximate surface area is 253 Å².